The molecule has 4 heteroatoms. The maximum atomic E-state index is 12.3. The van der Waals surface area contributed by atoms with Crippen LogP contribution in [0, 0.1) is 5.92 Å². The minimum atomic E-state index is 0.0721. The third-order valence-electron chi connectivity index (χ3n) is 4.61. The van der Waals surface area contributed by atoms with Crippen molar-refractivity contribution in [2.75, 3.05) is 26.3 Å². The van der Waals surface area contributed by atoms with Crippen molar-refractivity contribution in [2.24, 2.45) is 5.92 Å². The highest BCUT2D eigenvalue weighted by Gasteiger charge is 2.22. The maximum absolute atomic E-state index is 12.3. The first kappa shape index (κ1) is 17.3. The third-order valence-corrected chi connectivity index (χ3v) is 4.61. The first-order valence-corrected chi connectivity index (χ1v) is 8.95. The van der Waals surface area contributed by atoms with E-state index in [0.717, 1.165) is 50.5 Å². The molecule has 0 aliphatic carbocycles. The van der Waals surface area contributed by atoms with Gasteiger partial charge in [0.05, 0.1) is 6.61 Å². The Morgan fingerprint density at radius 1 is 0.880 bits per heavy atom. The summed E-state index contributed by atoms with van der Waals surface area (Å²) in [6.45, 7) is 2.48. The zero-order valence-corrected chi connectivity index (χ0v) is 14.5. The second-order valence-corrected chi connectivity index (χ2v) is 6.38. The molecule has 1 amide bonds. The molecule has 1 aliphatic heterocycles. The first-order chi connectivity index (χ1) is 12.3. The number of ether oxygens (including phenoxy) is 2. The van der Waals surface area contributed by atoms with Crippen molar-refractivity contribution in [2.45, 2.75) is 19.3 Å². The van der Waals surface area contributed by atoms with Crippen molar-refractivity contribution >= 4 is 5.91 Å². The zero-order chi connectivity index (χ0) is 17.3. The van der Waals surface area contributed by atoms with E-state index in [9.17, 15) is 4.79 Å². The topological polar surface area (TPSA) is 38.8 Å². The zero-order valence-electron chi connectivity index (χ0n) is 14.5. The summed E-state index contributed by atoms with van der Waals surface area (Å²) in [4.78, 5) is 14.2. The molecule has 1 saturated heterocycles. The van der Waals surface area contributed by atoms with E-state index in [2.05, 4.69) is 0 Å². The summed E-state index contributed by atoms with van der Waals surface area (Å²) >= 11 is 0. The van der Waals surface area contributed by atoms with Crippen LogP contribution in [-0.2, 0) is 4.79 Å². The second-order valence-electron chi connectivity index (χ2n) is 6.38. The van der Waals surface area contributed by atoms with Crippen LogP contribution in [0.4, 0.5) is 0 Å². The number of likely N-dealkylation sites (tertiary alicyclic amines) is 1. The number of amides is 1. The van der Waals surface area contributed by atoms with Crippen molar-refractivity contribution in [3.63, 3.8) is 0 Å². The molecule has 2 aromatic rings. The monoisotopic (exact) mass is 339 g/mol. The average molecular weight is 339 g/mol. The third kappa shape index (κ3) is 5.52. The molecule has 2 aromatic carbocycles. The van der Waals surface area contributed by atoms with Crippen LogP contribution in [0.3, 0.4) is 0 Å². The Balaban J connectivity index is 1.33. The summed E-state index contributed by atoms with van der Waals surface area (Å²) in [6, 6.07) is 19.4. The fraction of sp³-hybridized carbons (Fsp3) is 0.381. The number of benzene rings is 2. The summed E-state index contributed by atoms with van der Waals surface area (Å²) in [5, 5.41) is 0. The van der Waals surface area contributed by atoms with Crippen molar-refractivity contribution < 1.29 is 14.3 Å². The molecule has 0 radical (unpaired) electrons. The van der Waals surface area contributed by atoms with E-state index in [1.165, 1.54) is 0 Å². The molecule has 0 spiro atoms. The molecular weight excluding hydrogens is 314 g/mol. The fourth-order valence-corrected chi connectivity index (χ4v) is 3.08. The number of piperidine rings is 1. The van der Waals surface area contributed by atoms with Gasteiger partial charge in [0.25, 0.3) is 5.91 Å². The van der Waals surface area contributed by atoms with Crippen LogP contribution >= 0.6 is 0 Å². The molecule has 0 bridgehead atoms. The van der Waals surface area contributed by atoms with Crippen LogP contribution in [0.1, 0.15) is 19.3 Å². The number of carbonyl (C=O) groups excluding carboxylic acids is 1. The van der Waals surface area contributed by atoms with Gasteiger partial charge in [-0.2, -0.15) is 0 Å². The van der Waals surface area contributed by atoms with Crippen LogP contribution in [0.15, 0.2) is 60.7 Å². The average Bonchev–Trinajstić information content (AvgIpc) is 2.68. The van der Waals surface area contributed by atoms with Crippen molar-refractivity contribution in [3.05, 3.63) is 60.7 Å². The quantitative estimate of drug-likeness (QED) is 0.771. The predicted octanol–water partition coefficient (Wildman–Crippen LogP) is 3.77. The van der Waals surface area contributed by atoms with Crippen LogP contribution in [0.2, 0.25) is 0 Å². The van der Waals surface area contributed by atoms with E-state index in [1.54, 1.807) is 0 Å². The Morgan fingerprint density at radius 2 is 1.44 bits per heavy atom. The number of para-hydroxylation sites is 2. The number of carbonyl (C=O) groups is 1. The van der Waals surface area contributed by atoms with Crippen molar-refractivity contribution in [1.29, 1.82) is 0 Å². The van der Waals surface area contributed by atoms with Crippen molar-refractivity contribution in [1.82, 2.24) is 4.90 Å². The number of rotatable bonds is 7. The summed E-state index contributed by atoms with van der Waals surface area (Å²) in [6.07, 6.45) is 3.11. The molecular formula is C21H25NO3. The Morgan fingerprint density at radius 3 is 2.04 bits per heavy atom. The van der Waals surface area contributed by atoms with Gasteiger partial charge in [-0.15, -0.1) is 0 Å². The van der Waals surface area contributed by atoms with Gasteiger partial charge < -0.3 is 14.4 Å². The van der Waals surface area contributed by atoms with Gasteiger partial charge in [0.15, 0.2) is 6.61 Å². The minimum Gasteiger partial charge on any atom is -0.494 e. The van der Waals surface area contributed by atoms with E-state index in [0.29, 0.717) is 5.92 Å². The van der Waals surface area contributed by atoms with Crippen molar-refractivity contribution in [3.8, 4) is 11.5 Å². The highest BCUT2D eigenvalue weighted by molar-refractivity contribution is 5.77. The maximum Gasteiger partial charge on any atom is 0.260 e. The molecule has 3 rings (SSSR count). The van der Waals surface area contributed by atoms with Gasteiger partial charge in [-0.05, 0) is 49.4 Å². The summed E-state index contributed by atoms with van der Waals surface area (Å²) in [7, 11) is 0. The predicted molar refractivity (Wildman–Crippen MR) is 97.8 cm³/mol. The molecule has 0 atom stereocenters. The number of hydrogen-bond acceptors (Lipinski definition) is 3. The SMILES string of the molecule is O=C(COc1ccccc1)N1CCC(CCOc2ccccc2)CC1. The standard InChI is InChI=1S/C21H25NO3/c23-21(17-25-20-9-5-2-6-10-20)22-14-11-18(12-15-22)13-16-24-19-7-3-1-4-8-19/h1-10,18H,11-17H2. The number of nitrogens with zero attached hydrogens (tertiary/aromatic N) is 1. The summed E-state index contributed by atoms with van der Waals surface area (Å²) in [5.74, 6) is 2.36. The van der Waals surface area contributed by atoms with Crippen LogP contribution in [0.25, 0.3) is 0 Å². The van der Waals surface area contributed by atoms with E-state index < -0.39 is 0 Å². The lowest BCUT2D eigenvalue weighted by Gasteiger charge is -2.32. The van der Waals surface area contributed by atoms with E-state index >= 15 is 0 Å². The van der Waals surface area contributed by atoms with E-state index in [1.807, 2.05) is 65.6 Å². The smallest absolute Gasteiger partial charge is 0.260 e. The Kier molecular flexibility index (Phi) is 6.32. The van der Waals surface area contributed by atoms with E-state index in [-0.39, 0.29) is 12.5 Å². The van der Waals surface area contributed by atoms with Crippen LogP contribution < -0.4 is 9.47 Å². The second kappa shape index (κ2) is 9.11. The normalized spacial score (nSPS) is 15.0. The lowest BCUT2D eigenvalue weighted by atomic mass is 9.94. The Bertz CT molecular complexity index is 637. The van der Waals surface area contributed by atoms with Gasteiger partial charge in [0.1, 0.15) is 11.5 Å². The lowest BCUT2D eigenvalue weighted by Crippen LogP contribution is -2.41. The highest BCUT2D eigenvalue weighted by Crippen LogP contribution is 2.21. The largest absolute Gasteiger partial charge is 0.494 e. The van der Waals surface area contributed by atoms with Gasteiger partial charge in [-0.1, -0.05) is 36.4 Å². The highest BCUT2D eigenvalue weighted by atomic mass is 16.5. The van der Waals surface area contributed by atoms with Gasteiger partial charge in [0.2, 0.25) is 0 Å². The van der Waals surface area contributed by atoms with Gasteiger partial charge in [-0.25, -0.2) is 0 Å². The van der Waals surface area contributed by atoms with E-state index in [4.69, 9.17) is 9.47 Å². The van der Waals surface area contributed by atoms with Crippen LogP contribution in [0.5, 0.6) is 11.5 Å². The number of hydrogen-bond donors (Lipinski definition) is 0. The molecule has 0 saturated carbocycles. The molecule has 4 nitrogen and oxygen atoms in total. The molecule has 1 heterocycles. The lowest BCUT2D eigenvalue weighted by molar-refractivity contribution is -0.134. The molecule has 0 N–H and O–H groups in total. The Hall–Kier alpha value is -2.49. The molecule has 132 valence electrons. The molecule has 0 aromatic heterocycles. The minimum absolute atomic E-state index is 0.0721. The van der Waals surface area contributed by atoms with Gasteiger partial charge in [-0.3, -0.25) is 4.79 Å². The summed E-state index contributed by atoms with van der Waals surface area (Å²) < 4.78 is 11.3. The van der Waals surface area contributed by atoms with Gasteiger partial charge in [0, 0.05) is 13.1 Å². The molecule has 0 unspecified atom stereocenters. The Labute approximate surface area is 149 Å². The first-order valence-electron chi connectivity index (χ1n) is 8.95. The molecule has 1 fully saturated rings. The molecule has 25 heavy (non-hydrogen) atoms. The fourth-order valence-electron chi connectivity index (χ4n) is 3.08. The summed E-state index contributed by atoms with van der Waals surface area (Å²) in [5.41, 5.74) is 0. The van der Waals surface area contributed by atoms with Crippen LogP contribution in [-0.4, -0.2) is 37.1 Å². The van der Waals surface area contributed by atoms with Gasteiger partial charge >= 0.3 is 0 Å². The molecule has 1 aliphatic rings.